The van der Waals surface area contributed by atoms with E-state index in [4.69, 9.17) is 35.2 Å². The first kappa shape index (κ1) is 60.8. The van der Waals surface area contributed by atoms with Crippen molar-refractivity contribution in [2.24, 2.45) is 0 Å². The van der Waals surface area contributed by atoms with Crippen molar-refractivity contribution in [1.82, 2.24) is 0 Å². The van der Waals surface area contributed by atoms with E-state index in [0.717, 1.165) is 111 Å². The predicted molar refractivity (Wildman–Crippen MR) is 615 cm³/mol. The third kappa shape index (κ3) is 15.5. The van der Waals surface area contributed by atoms with E-state index >= 15 is 0 Å². The van der Waals surface area contributed by atoms with Gasteiger partial charge in [-0.15, -0.1) is 0 Å². The van der Waals surface area contributed by atoms with Gasteiger partial charge >= 0.3 is 0 Å². The molecule has 0 atom stereocenters. The van der Waals surface area contributed by atoms with Crippen LogP contribution in [0.3, 0.4) is 0 Å². The van der Waals surface area contributed by atoms with Gasteiger partial charge in [0.25, 0.3) is 0 Å². The highest BCUT2D eigenvalue weighted by Gasteiger charge is 2.25. The highest BCUT2D eigenvalue weighted by Crippen LogP contribution is 2.49. The van der Waals surface area contributed by atoms with E-state index in [-0.39, 0.29) is 14.9 Å². The molecule has 26 aromatic carbocycles. The first-order valence-electron chi connectivity index (χ1n) is 60.7. The summed E-state index contributed by atoms with van der Waals surface area (Å²) in [7, 11) is 0. The van der Waals surface area contributed by atoms with Crippen molar-refractivity contribution in [2.45, 2.75) is 14.9 Å². The summed E-state index contributed by atoms with van der Waals surface area (Å²) < 4.78 is 275. The molecule has 680 valence electrons. The van der Waals surface area contributed by atoms with Gasteiger partial charge in [0.1, 0.15) is 33.5 Å². The van der Waals surface area contributed by atoms with E-state index in [0.29, 0.717) is 4.90 Å². The molecule has 0 saturated heterocycles. The average molecular weight is 1870 g/mol. The molecule has 0 aliphatic rings. The molecule has 0 fully saturated rings. The number of nitrogens with zero attached hydrogens (tertiary/aromatic N) is 3. The van der Waals surface area contributed by atoms with Crippen molar-refractivity contribution in [3.8, 4) is 44.5 Å². The lowest BCUT2D eigenvalue weighted by Gasteiger charge is -2.28. The lowest BCUT2D eigenvalue weighted by atomic mass is 9.94. The molecule has 0 N–H and O–H groups in total. The topological polar surface area (TPSA) is 49.1 Å². The number of anilines is 9. The van der Waals surface area contributed by atoms with Crippen molar-refractivity contribution >= 4 is 225 Å². The quantitative estimate of drug-likeness (QED) is 0.107. The predicted octanol–water partition coefficient (Wildman–Crippen LogP) is 40.6. The molecule has 0 saturated carbocycles. The van der Waals surface area contributed by atoms with Crippen LogP contribution in [-0.2, 0) is 0 Å². The Balaban J connectivity index is 0.000000132. The molecule has 29 rings (SSSR count). The molecule has 0 aliphatic heterocycles. The first-order valence-corrected chi connectivity index (χ1v) is 46.2. The summed E-state index contributed by atoms with van der Waals surface area (Å²) in [6.07, 6.45) is 0. The van der Waals surface area contributed by atoms with Crippen molar-refractivity contribution in [1.29, 1.82) is 0 Å². The lowest BCUT2D eigenvalue weighted by molar-refractivity contribution is 0.668. The normalized spacial score (nSPS) is 14.3. The van der Waals surface area contributed by atoms with Gasteiger partial charge < -0.3 is 28.0 Å². The van der Waals surface area contributed by atoms with Crippen molar-refractivity contribution in [3.63, 3.8) is 0 Å². The van der Waals surface area contributed by atoms with Gasteiger partial charge in [-0.2, -0.15) is 0 Å². The Labute approximate surface area is 874 Å². The zero-order valence-electron chi connectivity index (χ0n) is 104. The second-order valence-corrected chi connectivity index (χ2v) is 34.6. The molecule has 6 heteroatoms. The number of hydrogen-bond donors (Lipinski definition) is 0. The molecule has 0 bridgehead atoms. The van der Waals surface area contributed by atoms with Gasteiger partial charge in [0.05, 0.1) is 45.4 Å². The fraction of sp³-hybridized carbons (Fsp3) is 0.0145. The second-order valence-electron chi connectivity index (χ2n) is 34.6. The van der Waals surface area contributed by atoms with Crippen molar-refractivity contribution in [2.75, 3.05) is 14.7 Å². The minimum atomic E-state index is -1.24. The standard InChI is InChI=1S/C48H29NO2.C46H29NO.C42H29N.2CH4/c1-2-10-35-30(9-1)19-24-38-37(35)23-20-31-17-18-32(27-42(31)38)36-11-3-6-14-44(36)49(33-22-26-47-43(28-33)40-13-5-8-16-46(40)50-47)34-21-25-41-39-12-4-7-15-45(39)51-48(41)29-34;1-2-10-33-26-37(21-18-30(33)8-1)47(38-22-25-43-42-14-5-6-15-45(42)48-46(43)29-38)36-12-7-11-34(27-36)35-17-16-32-20-23-40-39-13-4-3-9-31(39)19-24-41(40)44(32)28-35;1-3-9-30(10-4-1)32-15-21-36(22-16-32)43(37-23-17-33(18-24-37)31-11-5-2-6-12-31)38-25-28-40-35(29-38)20-27-41-39-14-8-7-13-34(39)19-26-42(40)41;;/h1-29H;1-29H;1-29H;2*1H4/i;;1D,2D,3D,4D,5D,6D,7D,8D,9D,10D,11D,12D,13D,14D,15D,16D,17D,18D,19D,20D,21D,22D,23D,24D,25D,26D,27D,28D,29D;;. The summed E-state index contributed by atoms with van der Waals surface area (Å²) >= 11 is 0. The fourth-order valence-electron chi connectivity index (χ4n) is 19.8. The van der Waals surface area contributed by atoms with Crippen LogP contribution in [0.15, 0.2) is 540 Å². The number of rotatable bonds is 13. The molecular formula is C138H95N3O3. The maximum Gasteiger partial charge on any atom is 0.137 e. The number of fused-ring (bicyclic) bond motifs is 25. The van der Waals surface area contributed by atoms with E-state index in [2.05, 4.69) is 325 Å². The third-order valence-corrected chi connectivity index (χ3v) is 26.5. The summed E-state index contributed by atoms with van der Waals surface area (Å²) in [5.74, 6) is 0. The first-order chi connectivity index (χ1) is 82.4. The van der Waals surface area contributed by atoms with Gasteiger partial charge in [-0.05, 0) is 286 Å². The lowest BCUT2D eigenvalue weighted by Crippen LogP contribution is -2.11. The SMILES string of the molecule is C.C.[2H]c1c([2H])c([2H])c(-c2c([2H])c([2H])c(N(c3c([2H])c([2H])c(-c4c([2H])c([2H])c([2H])c([2H])c4[2H])c([2H])c3[2H])c3c([2H])c([2H])c4c(c3[2H])c([2H])c([2H])c3c5c([2H])c([2H])c([2H])c([2H])c5c([2H])c([2H])c43)c([2H])c2[2H])c([2H])c1[2H].c1cc(-c2ccc3ccc4c5ccccc5ccc4c3c2)cc(N(c2ccc3ccccc3c2)c2ccc3c(c2)oc2ccccc23)c1.c1ccc(N(c2ccc3c(c2)oc2ccccc23)c2ccc3oc4ccccc4c3c2)c(-c2ccc3ccc4c5ccccc5ccc4c3c2)c1. The summed E-state index contributed by atoms with van der Waals surface area (Å²) in [5.41, 5.74) is 9.55. The van der Waals surface area contributed by atoms with Crippen LogP contribution in [-0.4, -0.2) is 0 Å². The molecule has 6 nitrogen and oxygen atoms in total. The van der Waals surface area contributed by atoms with Gasteiger partial charge in [0, 0.05) is 95.5 Å². The fourth-order valence-corrected chi connectivity index (χ4v) is 19.8. The zero-order chi connectivity index (χ0) is 119. The highest BCUT2D eigenvalue weighted by atomic mass is 16.3. The van der Waals surface area contributed by atoms with E-state index in [1.165, 1.54) is 86.5 Å². The Morgan fingerprint density at radius 1 is 0.153 bits per heavy atom. The van der Waals surface area contributed by atoms with Crippen LogP contribution in [0.1, 0.15) is 54.6 Å². The number of para-hydroxylation sites is 4. The van der Waals surface area contributed by atoms with Crippen LogP contribution in [0, 0.1) is 0 Å². The molecule has 29 aromatic rings. The summed E-state index contributed by atoms with van der Waals surface area (Å²) in [6.45, 7) is 0. The number of benzene rings is 26. The second kappa shape index (κ2) is 36.5. The van der Waals surface area contributed by atoms with Gasteiger partial charge in [-0.25, -0.2) is 0 Å². The van der Waals surface area contributed by atoms with Crippen molar-refractivity contribution in [3.05, 3.63) is 527 Å². The van der Waals surface area contributed by atoms with Gasteiger partial charge in [-0.3, -0.25) is 0 Å². The smallest absolute Gasteiger partial charge is 0.137 e. The Hall–Kier alpha value is -18.9. The molecule has 3 aromatic heterocycles. The molecule has 144 heavy (non-hydrogen) atoms. The van der Waals surface area contributed by atoms with Crippen molar-refractivity contribution < 1.29 is 53.0 Å². The van der Waals surface area contributed by atoms with E-state index in [9.17, 15) is 17.8 Å². The third-order valence-electron chi connectivity index (χ3n) is 26.5. The van der Waals surface area contributed by atoms with E-state index < -0.39 is 247 Å². The minimum absolute atomic E-state index is 0. The average Bonchev–Trinajstić information content (AvgIpc) is 0.885. The van der Waals surface area contributed by atoms with Crippen LogP contribution < -0.4 is 14.7 Å². The zero-order valence-corrected chi connectivity index (χ0v) is 75.1. The highest BCUT2D eigenvalue weighted by molar-refractivity contribution is 6.22. The van der Waals surface area contributed by atoms with Crippen LogP contribution in [0.2, 0.25) is 0 Å². The summed E-state index contributed by atoms with van der Waals surface area (Å²) in [5, 5.41) is 20.6. The molecule has 0 unspecified atom stereocenters. The van der Waals surface area contributed by atoms with Crippen LogP contribution in [0.5, 0.6) is 0 Å². The number of furan rings is 3. The van der Waals surface area contributed by atoms with Gasteiger partial charge in [-0.1, -0.05) is 390 Å². The summed E-state index contributed by atoms with van der Waals surface area (Å²) in [4.78, 5) is 5.03. The monoisotopic (exact) mass is 1870 g/mol. The molecule has 0 aliphatic carbocycles. The molecule has 3 heterocycles. The molecular weight excluding hydrogens is 1750 g/mol. The van der Waals surface area contributed by atoms with Crippen LogP contribution in [0.4, 0.5) is 51.2 Å². The van der Waals surface area contributed by atoms with Gasteiger partial charge in [0.2, 0.25) is 0 Å². The van der Waals surface area contributed by atoms with E-state index in [1.807, 2.05) is 36.4 Å². The molecule has 0 radical (unpaired) electrons. The Morgan fingerprint density at radius 3 is 1.13 bits per heavy atom. The van der Waals surface area contributed by atoms with Gasteiger partial charge in [0.15, 0.2) is 0 Å². The maximum atomic E-state index is 9.71. The minimum Gasteiger partial charge on any atom is -0.456 e. The Bertz CT molecular complexity index is 11800. The number of hydrogen-bond acceptors (Lipinski definition) is 6. The maximum absolute atomic E-state index is 9.71. The molecule has 0 amide bonds. The molecule has 0 spiro atoms. The van der Waals surface area contributed by atoms with E-state index in [1.54, 1.807) is 0 Å². The Kier molecular flexibility index (Phi) is 15.4. The summed E-state index contributed by atoms with van der Waals surface area (Å²) in [6, 6.07) is 97.1. The largest absolute Gasteiger partial charge is 0.456 e. The van der Waals surface area contributed by atoms with Crippen LogP contribution in [0.25, 0.3) is 218 Å². The van der Waals surface area contributed by atoms with Crippen LogP contribution >= 0.6 is 0 Å². The Morgan fingerprint density at radius 2 is 0.528 bits per heavy atom.